The van der Waals surface area contributed by atoms with Crippen molar-refractivity contribution in [3.05, 3.63) is 24.2 Å². The Labute approximate surface area is 99.9 Å². The lowest BCUT2D eigenvalue weighted by Crippen LogP contribution is -2.32. The van der Waals surface area contributed by atoms with Gasteiger partial charge in [-0.25, -0.2) is 4.99 Å². The zero-order chi connectivity index (χ0) is 12.1. The van der Waals surface area contributed by atoms with Crippen LogP contribution in [0.2, 0.25) is 0 Å². The van der Waals surface area contributed by atoms with E-state index in [1.807, 2.05) is 6.92 Å². The fourth-order valence-corrected chi connectivity index (χ4v) is 1.34. The molecule has 2 rings (SSSR count). The SMILES string of the molecule is CCOC(=NCC1CC1)NC(=O)c1ccco1. The van der Waals surface area contributed by atoms with Gasteiger partial charge in [-0.2, -0.15) is 0 Å². The van der Waals surface area contributed by atoms with Crippen LogP contribution in [0.25, 0.3) is 0 Å². The van der Waals surface area contributed by atoms with Crippen LogP contribution in [0.4, 0.5) is 0 Å². The second-order valence-corrected chi connectivity index (χ2v) is 3.95. The van der Waals surface area contributed by atoms with Crippen LogP contribution < -0.4 is 5.32 Å². The van der Waals surface area contributed by atoms with Crippen molar-refractivity contribution in [2.45, 2.75) is 19.8 Å². The normalized spacial score (nSPS) is 15.7. The average Bonchev–Trinajstić information content (AvgIpc) is 2.98. The molecule has 0 unspecified atom stereocenters. The van der Waals surface area contributed by atoms with Crippen molar-refractivity contribution in [2.24, 2.45) is 10.9 Å². The Kier molecular flexibility index (Phi) is 3.80. The van der Waals surface area contributed by atoms with Gasteiger partial charge in [-0.1, -0.05) is 0 Å². The predicted octanol–water partition coefficient (Wildman–Crippen LogP) is 1.81. The lowest BCUT2D eigenvalue weighted by molar-refractivity contribution is 0.0939. The highest BCUT2D eigenvalue weighted by molar-refractivity contribution is 6.02. The van der Waals surface area contributed by atoms with Gasteiger partial charge in [-0.3, -0.25) is 10.1 Å². The van der Waals surface area contributed by atoms with Crippen LogP contribution in [0.1, 0.15) is 30.3 Å². The Morgan fingerprint density at radius 1 is 1.65 bits per heavy atom. The molecule has 0 radical (unpaired) electrons. The number of amides is 1. The third-order valence-corrected chi connectivity index (χ3v) is 2.44. The van der Waals surface area contributed by atoms with Crippen LogP contribution in [0.15, 0.2) is 27.8 Å². The van der Waals surface area contributed by atoms with Gasteiger partial charge in [0.2, 0.25) is 0 Å². The van der Waals surface area contributed by atoms with E-state index in [1.54, 1.807) is 12.1 Å². The monoisotopic (exact) mass is 236 g/mol. The molecular weight excluding hydrogens is 220 g/mol. The van der Waals surface area contributed by atoms with Gasteiger partial charge >= 0.3 is 0 Å². The second-order valence-electron chi connectivity index (χ2n) is 3.95. The van der Waals surface area contributed by atoms with E-state index in [1.165, 1.54) is 19.1 Å². The number of hydrogen-bond acceptors (Lipinski definition) is 4. The molecule has 1 aliphatic carbocycles. The molecule has 5 heteroatoms. The van der Waals surface area contributed by atoms with E-state index in [9.17, 15) is 4.79 Å². The Morgan fingerprint density at radius 3 is 3.06 bits per heavy atom. The summed E-state index contributed by atoms with van der Waals surface area (Å²) >= 11 is 0. The minimum atomic E-state index is -0.335. The van der Waals surface area contributed by atoms with E-state index in [0.717, 1.165) is 0 Å². The van der Waals surface area contributed by atoms with Gasteiger partial charge in [0.25, 0.3) is 11.9 Å². The minimum Gasteiger partial charge on any atom is -0.465 e. The summed E-state index contributed by atoms with van der Waals surface area (Å²) in [6.45, 7) is 3.04. The molecule has 1 aromatic rings. The van der Waals surface area contributed by atoms with Gasteiger partial charge in [-0.15, -0.1) is 0 Å². The van der Waals surface area contributed by atoms with Crippen LogP contribution in [0.5, 0.6) is 0 Å². The molecule has 5 nitrogen and oxygen atoms in total. The van der Waals surface area contributed by atoms with Crippen molar-refractivity contribution in [3.8, 4) is 0 Å². The molecule has 1 aliphatic rings. The fraction of sp³-hybridized carbons (Fsp3) is 0.500. The summed E-state index contributed by atoms with van der Waals surface area (Å²) in [5.74, 6) is 0.577. The van der Waals surface area contributed by atoms with E-state index < -0.39 is 0 Å². The molecule has 1 aromatic heterocycles. The summed E-state index contributed by atoms with van der Waals surface area (Å²) in [5, 5.41) is 2.60. The topological polar surface area (TPSA) is 63.8 Å². The highest BCUT2D eigenvalue weighted by atomic mass is 16.5. The number of furan rings is 1. The minimum absolute atomic E-state index is 0.254. The quantitative estimate of drug-likeness (QED) is 0.640. The van der Waals surface area contributed by atoms with Gasteiger partial charge in [0.15, 0.2) is 5.76 Å². The first-order chi connectivity index (χ1) is 8.29. The first-order valence-corrected chi connectivity index (χ1v) is 5.81. The van der Waals surface area contributed by atoms with Gasteiger partial charge in [0.1, 0.15) is 0 Å². The van der Waals surface area contributed by atoms with Crippen LogP contribution in [-0.2, 0) is 4.74 Å². The maximum absolute atomic E-state index is 11.7. The molecule has 1 fully saturated rings. The molecule has 1 heterocycles. The van der Waals surface area contributed by atoms with Crippen LogP contribution in [-0.4, -0.2) is 25.1 Å². The maximum Gasteiger partial charge on any atom is 0.294 e. The standard InChI is InChI=1S/C12H16N2O3/c1-2-16-12(13-8-9-5-6-9)14-11(15)10-4-3-7-17-10/h3-4,7,9H,2,5-6,8H2,1H3,(H,13,14,15). The first kappa shape index (κ1) is 11.7. The number of carbonyl (C=O) groups excluding carboxylic acids is 1. The number of ether oxygens (including phenoxy) is 1. The third kappa shape index (κ3) is 3.62. The zero-order valence-corrected chi connectivity index (χ0v) is 9.81. The Morgan fingerprint density at radius 2 is 2.47 bits per heavy atom. The maximum atomic E-state index is 11.7. The van der Waals surface area contributed by atoms with Crippen molar-refractivity contribution in [1.82, 2.24) is 5.32 Å². The highest BCUT2D eigenvalue weighted by Crippen LogP contribution is 2.28. The van der Waals surface area contributed by atoms with Crippen molar-refractivity contribution < 1.29 is 13.9 Å². The average molecular weight is 236 g/mol. The molecule has 0 spiro atoms. The Balaban J connectivity index is 1.91. The predicted molar refractivity (Wildman–Crippen MR) is 62.8 cm³/mol. The summed E-state index contributed by atoms with van der Waals surface area (Å²) in [4.78, 5) is 15.9. The van der Waals surface area contributed by atoms with E-state index in [4.69, 9.17) is 9.15 Å². The molecule has 0 saturated heterocycles. The smallest absolute Gasteiger partial charge is 0.294 e. The number of nitrogens with one attached hydrogen (secondary N) is 1. The van der Waals surface area contributed by atoms with E-state index >= 15 is 0 Å². The van der Waals surface area contributed by atoms with Crippen molar-refractivity contribution in [1.29, 1.82) is 0 Å². The van der Waals surface area contributed by atoms with Gasteiger partial charge in [0, 0.05) is 6.54 Å². The number of amidine groups is 1. The lowest BCUT2D eigenvalue weighted by Gasteiger charge is -2.07. The van der Waals surface area contributed by atoms with E-state index in [-0.39, 0.29) is 17.7 Å². The summed E-state index contributed by atoms with van der Waals surface area (Å²) in [7, 11) is 0. The first-order valence-electron chi connectivity index (χ1n) is 5.81. The zero-order valence-electron chi connectivity index (χ0n) is 9.81. The number of hydrogen-bond donors (Lipinski definition) is 1. The number of aliphatic imine (C=N–C) groups is 1. The van der Waals surface area contributed by atoms with Crippen LogP contribution in [0.3, 0.4) is 0 Å². The molecule has 92 valence electrons. The third-order valence-electron chi connectivity index (χ3n) is 2.44. The highest BCUT2D eigenvalue weighted by Gasteiger charge is 2.21. The molecule has 1 amide bonds. The molecule has 0 bridgehead atoms. The summed E-state index contributed by atoms with van der Waals surface area (Å²) in [6, 6.07) is 3.54. The molecular formula is C12H16N2O3. The fourth-order valence-electron chi connectivity index (χ4n) is 1.34. The summed E-state index contributed by atoms with van der Waals surface area (Å²) < 4.78 is 10.3. The molecule has 0 aliphatic heterocycles. The van der Waals surface area contributed by atoms with E-state index in [2.05, 4.69) is 10.3 Å². The Hall–Kier alpha value is -1.78. The largest absolute Gasteiger partial charge is 0.465 e. The molecule has 1 saturated carbocycles. The number of nitrogens with zero attached hydrogens (tertiary/aromatic N) is 1. The van der Waals surface area contributed by atoms with Crippen molar-refractivity contribution >= 4 is 11.9 Å². The van der Waals surface area contributed by atoms with E-state index in [0.29, 0.717) is 19.1 Å². The second kappa shape index (κ2) is 5.52. The number of rotatable bonds is 4. The van der Waals surface area contributed by atoms with Gasteiger partial charge in [-0.05, 0) is 37.8 Å². The molecule has 0 atom stereocenters. The summed E-state index contributed by atoms with van der Waals surface area (Å²) in [6.07, 6.45) is 3.89. The Bertz CT molecular complexity index is 394. The lowest BCUT2D eigenvalue weighted by atomic mass is 10.4. The number of carbonyl (C=O) groups is 1. The van der Waals surface area contributed by atoms with Crippen molar-refractivity contribution in [3.63, 3.8) is 0 Å². The molecule has 17 heavy (non-hydrogen) atoms. The van der Waals surface area contributed by atoms with Gasteiger partial charge < -0.3 is 9.15 Å². The van der Waals surface area contributed by atoms with Crippen LogP contribution >= 0.6 is 0 Å². The van der Waals surface area contributed by atoms with Gasteiger partial charge in [0.05, 0.1) is 12.9 Å². The molecule has 1 N–H and O–H groups in total. The summed E-state index contributed by atoms with van der Waals surface area (Å²) in [5.41, 5.74) is 0. The van der Waals surface area contributed by atoms with Crippen molar-refractivity contribution in [2.75, 3.05) is 13.2 Å². The molecule has 0 aromatic carbocycles. The van der Waals surface area contributed by atoms with Crippen LogP contribution in [0, 0.1) is 5.92 Å².